The predicted molar refractivity (Wildman–Crippen MR) is 94.6 cm³/mol. The maximum Gasteiger partial charge on any atom is 0.0944 e. The first-order chi connectivity index (χ1) is 11.4. The summed E-state index contributed by atoms with van der Waals surface area (Å²) >= 11 is 0. The SMILES string of the molecule is COC[C@@H]1C[C@@H]2[C@H](CC[C@]3(C)C(O)=CC[C@@H]23)[C@@]2(C)CCC(O)CC12. The van der Waals surface area contributed by atoms with Crippen LogP contribution in [0, 0.1) is 40.4 Å². The summed E-state index contributed by atoms with van der Waals surface area (Å²) in [6.07, 6.45) is 9.67. The molecule has 0 bridgehead atoms. The van der Waals surface area contributed by atoms with Gasteiger partial charge in [-0.3, -0.25) is 0 Å². The highest BCUT2D eigenvalue weighted by Crippen LogP contribution is 2.67. The van der Waals surface area contributed by atoms with E-state index in [0.717, 1.165) is 44.6 Å². The lowest BCUT2D eigenvalue weighted by Gasteiger charge is -2.62. The minimum Gasteiger partial charge on any atom is -0.512 e. The predicted octanol–water partition coefficient (Wildman–Crippen LogP) is 4.31. The molecule has 0 spiro atoms. The van der Waals surface area contributed by atoms with Crippen LogP contribution in [0.2, 0.25) is 0 Å². The molecule has 136 valence electrons. The summed E-state index contributed by atoms with van der Waals surface area (Å²) in [6, 6.07) is 0. The van der Waals surface area contributed by atoms with E-state index >= 15 is 0 Å². The molecule has 3 heteroatoms. The van der Waals surface area contributed by atoms with Crippen molar-refractivity contribution in [3.8, 4) is 0 Å². The molecule has 3 nitrogen and oxygen atoms in total. The van der Waals surface area contributed by atoms with Gasteiger partial charge < -0.3 is 14.9 Å². The Morgan fingerprint density at radius 2 is 1.92 bits per heavy atom. The average Bonchev–Trinajstić information content (AvgIpc) is 2.85. The van der Waals surface area contributed by atoms with Gasteiger partial charge in [-0.2, -0.15) is 0 Å². The Morgan fingerprint density at radius 1 is 1.12 bits per heavy atom. The Hall–Kier alpha value is -0.540. The Kier molecular flexibility index (Phi) is 4.04. The highest BCUT2D eigenvalue weighted by Gasteiger charge is 2.60. The Morgan fingerprint density at radius 3 is 2.67 bits per heavy atom. The van der Waals surface area contributed by atoms with Crippen LogP contribution in [0.15, 0.2) is 11.8 Å². The van der Waals surface area contributed by atoms with E-state index in [9.17, 15) is 10.2 Å². The van der Waals surface area contributed by atoms with Gasteiger partial charge in [0.2, 0.25) is 0 Å². The maximum absolute atomic E-state index is 10.5. The summed E-state index contributed by atoms with van der Waals surface area (Å²) in [4.78, 5) is 0. The van der Waals surface area contributed by atoms with Crippen LogP contribution in [0.1, 0.15) is 58.8 Å². The minimum atomic E-state index is -0.120. The van der Waals surface area contributed by atoms with Crippen LogP contribution >= 0.6 is 0 Å². The first-order valence-corrected chi connectivity index (χ1v) is 9.96. The van der Waals surface area contributed by atoms with Gasteiger partial charge in [-0.25, -0.2) is 0 Å². The van der Waals surface area contributed by atoms with Crippen molar-refractivity contribution in [2.24, 2.45) is 40.4 Å². The van der Waals surface area contributed by atoms with Crippen molar-refractivity contribution in [2.75, 3.05) is 13.7 Å². The van der Waals surface area contributed by atoms with Gasteiger partial charge in [0, 0.05) is 19.1 Å². The van der Waals surface area contributed by atoms with E-state index < -0.39 is 0 Å². The number of hydrogen-bond acceptors (Lipinski definition) is 3. The molecule has 8 atom stereocenters. The van der Waals surface area contributed by atoms with Crippen molar-refractivity contribution >= 4 is 0 Å². The third-order valence-electron chi connectivity index (χ3n) is 8.74. The lowest BCUT2D eigenvalue weighted by Crippen LogP contribution is -2.57. The van der Waals surface area contributed by atoms with Crippen molar-refractivity contribution in [1.82, 2.24) is 0 Å². The number of methoxy groups -OCH3 is 1. The number of fused-ring (bicyclic) bond motifs is 5. The molecule has 2 unspecified atom stereocenters. The third kappa shape index (κ3) is 2.23. The molecule has 0 saturated heterocycles. The van der Waals surface area contributed by atoms with Crippen molar-refractivity contribution in [3.05, 3.63) is 11.8 Å². The van der Waals surface area contributed by atoms with Crippen LogP contribution in [0.5, 0.6) is 0 Å². The largest absolute Gasteiger partial charge is 0.512 e. The number of aliphatic hydroxyl groups excluding tert-OH is 2. The van der Waals surface area contributed by atoms with Crippen LogP contribution in [0.4, 0.5) is 0 Å². The molecule has 24 heavy (non-hydrogen) atoms. The van der Waals surface area contributed by atoms with E-state index in [2.05, 4.69) is 19.9 Å². The quantitative estimate of drug-likeness (QED) is 0.791. The van der Waals surface area contributed by atoms with Crippen LogP contribution in [-0.4, -0.2) is 30.0 Å². The number of rotatable bonds is 2. The number of allylic oxidation sites excluding steroid dienone is 2. The van der Waals surface area contributed by atoms with Gasteiger partial charge in [-0.1, -0.05) is 13.8 Å². The monoisotopic (exact) mass is 334 g/mol. The van der Waals surface area contributed by atoms with E-state index in [0.29, 0.717) is 34.8 Å². The highest BCUT2D eigenvalue weighted by molar-refractivity contribution is 5.20. The fourth-order valence-corrected chi connectivity index (χ4v) is 7.43. The van der Waals surface area contributed by atoms with Crippen molar-refractivity contribution in [1.29, 1.82) is 0 Å². The van der Waals surface area contributed by atoms with Crippen LogP contribution in [0.3, 0.4) is 0 Å². The van der Waals surface area contributed by atoms with E-state index in [1.54, 1.807) is 0 Å². The molecule has 0 amide bonds. The third-order valence-corrected chi connectivity index (χ3v) is 8.74. The summed E-state index contributed by atoms with van der Waals surface area (Å²) in [5.74, 6) is 3.85. The van der Waals surface area contributed by atoms with Crippen LogP contribution in [0.25, 0.3) is 0 Å². The topological polar surface area (TPSA) is 49.7 Å². The van der Waals surface area contributed by atoms with Crippen molar-refractivity contribution in [2.45, 2.75) is 64.9 Å². The lowest BCUT2D eigenvalue weighted by atomic mass is 9.43. The molecule has 3 saturated carbocycles. The molecule has 0 aromatic rings. The zero-order valence-corrected chi connectivity index (χ0v) is 15.5. The second-order valence-corrected chi connectivity index (χ2v) is 9.65. The van der Waals surface area contributed by atoms with E-state index in [-0.39, 0.29) is 11.5 Å². The molecular formula is C21H34O3. The zero-order chi connectivity index (χ0) is 17.1. The Balaban J connectivity index is 1.67. The summed E-state index contributed by atoms with van der Waals surface area (Å²) in [7, 11) is 1.82. The van der Waals surface area contributed by atoms with E-state index in [4.69, 9.17) is 4.74 Å². The minimum absolute atomic E-state index is 0.0101. The normalized spacial score (nSPS) is 53.8. The maximum atomic E-state index is 10.5. The molecule has 0 aromatic carbocycles. The molecule has 0 radical (unpaired) electrons. The van der Waals surface area contributed by atoms with Crippen molar-refractivity contribution in [3.63, 3.8) is 0 Å². The fraction of sp³-hybridized carbons (Fsp3) is 0.905. The van der Waals surface area contributed by atoms with Gasteiger partial charge in [0.15, 0.2) is 0 Å². The second kappa shape index (κ2) is 5.74. The molecule has 0 heterocycles. The fourth-order valence-electron chi connectivity index (χ4n) is 7.43. The first kappa shape index (κ1) is 16.9. The second-order valence-electron chi connectivity index (χ2n) is 9.65. The molecule has 0 aliphatic heterocycles. The van der Waals surface area contributed by atoms with E-state index in [1.165, 1.54) is 12.8 Å². The van der Waals surface area contributed by atoms with Gasteiger partial charge >= 0.3 is 0 Å². The molecule has 2 N–H and O–H groups in total. The Bertz CT molecular complexity index is 529. The number of aliphatic hydroxyl groups is 2. The van der Waals surface area contributed by atoms with Gasteiger partial charge in [0.1, 0.15) is 0 Å². The van der Waals surface area contributed by atoms with Crippen molar-refractivity contribution < 1.29 is 14.9 Å². The van der Waals surface area contributed by atoms with Crippen LogP contribution in [-0.2, 0) is 4.74 Å². The lowest BCUT2D eigenvalue weighted by molar-refractivity contribution is -0.154. The van der Waals surface area contributed by atoms with Gasteiger partial charge in [-0.15, -0.1) is 0 Å². The first-order valence-electron chi connectivity index (χ1n) is 9.96. The van der Waals surface area contributed by atoms with Gasteiger partial charge in [0.05, 0.1) is 11.9 Å². The summed E-state index contributed by atoms with van der Waals surface area (Å²) in [5, 5.41) is 20.8. The standard InChI is InChI=1S/C21H34O3/c1-20-8-6-14(22)11-18(20)13(12-24-3)10-15-16-4-5-19(23)21(16,2)9-7-17(15)20/h5,13-18,22-23H,4,6-12H2,1-3H3/t13-,14?,15-,16-,17-,18?,20+,21-/m0/s1. The van der Waals surface area contributed by atoms with Gasteiger partial charge in [0.25, 0.3) is 0 Å². The molecule has 4 aliphatic carbocycles. The zero-order valence-electron chi connectivity index (χ0n) is 15.5. The van der Waals surface area contributed by atoms with Crippen LogP contribution < -0.4 is 0 Å². The average molecular weight is 335 g/mol. The molecule has 4 rings (SSSR count). The summed E-state index contributed by atoms with van der Waals surface area (Å²) < 4.78 is 5.60. The molecular weight excluding hydrogens is 300 g/mol. The summed E-state index contributed by atoms with van der Waals surface area (Å²) in [6.45, 7) is 5.62. The summed E-state index contributed by atoms with van der Waals surface area (Å²) in [5.41, 5.74) is 0.348. The number of hydrogen-bond donors (Lipinski definition) is 2. The van der Waals surface area contributed by atoms with Gasteiger partial charge in [-0.05, 0) is 86.0 Å². The Labute approximate surface area is 146 Å². The molecule has 4 aliphatic rings. The number of ether oxygens (including phenoxy) is 1. The smallest absolute Gasteiger partial charge is 0.0944 e. The highest BCUT2D eigenvalue weighted by atomic mass is 16.5. The van der Waals surface area contributed by atoms with E-state index in [1.807, 2.05) is 7.11 Å². The molecule has 3 fully saturated rings. The molecule has 0 aromatic heterocycles.